The molecule has 1 heterocycles. The van der Waals surface area contributed by atoms with Gasteiger partial charge in [0.2, 0.25) is 5.91 Å². The van der Waals surface area contributed by atoms with E-state index in [2.05, 4.69) is 15.5 Å². The predicted molar refractivity (Wildman–Crippen MR) is 84.9 cm³/mol. The van der Waals surface area contributed by atoms with E-state index in [9.17, 15) is 4.79 Å². The smallest absolute Gasteiger partial charge is 0.238 e. The first-order valence-electron chi connectivity index (χ1n) is 7.55. The first kappa shape index (κ1) is 15.8. The second-order valence-corrected chi connectivity index (χ2v) is 5.72. The van der Waals surface area contributed by atoms with E-state index in [1.807, 2.05) is 39.0 Å². The van der Waals surface area contributed by atoms with E-state index >= 15 is 0 Å². The zero-order valence-electron chi connectivity index (χ0n) is 13.1. The number of benzene rings is 1. The molecule has 1 saturated heterocycles. The van der Waals surface area contributed by atoms with Crippen LogP contribution in [0.5, 0.6) is 5.75 Å². The van der Waals surface area contributed by atoms with Gasteiger partial charge in [0.25, 0.3) is 0 Å². The molecule has 1 aliphatic rings. The number of anilines is 1. The summed E-state index contributed by atoms with van der Waals surface area (Å²) in [4.78, 5) is 14.3. The van der Waals surface area contributed by atoms with E-state index in [1.54, 1.807) is 0 Å². The highest BCUT2D eigenvalue weighted by atomic mass is 16.5. The van der Waals surface area contributed by atoms with Gasteiger partial charge in [0.15, 0.2) is 0 Å². The number of aryl methyl sites for hydroxylation is 1. The number of carbonyl (C=O) groups excluding carboxylic acids is 1. The van der Waals surface area contributed by atoms with E-state index in [-0.39, 0.29) is 12.0 Å². The van der Waals surface area contributed by atoms with Gasteiger partial charge in [-0.15, -0.1) is 0 Å². The Morgan fingerprint density at radius 1 is 1.38 bits per heavy atom. The quantitative estimate of drug-likeness (QED) is 0.866. The van der Waals surface area contributed by atoms with Crippen molar-refractivity contribution < 1.29 is 9.53 Å². The van der Waals surface area contributed by atoms with Gasteiger partial charge in [-0.05, 0) is 44.5 Å². The molecule has 0 bridgehead atoms. The first-order valence-corrected chi connectivity index (χ1v) is 7.55. The number of hydrogen-bond donors (Lipinski definition) is 2. The third-order valence-corrected chi connectivity index (χ3v) is 3.42. The Hall–Kier alpha value is -1.59. The lowest BCUT2D eigenvalue weighted by molar-refractivity contribution is -0.117. The highest BCUT2D eigenvalue weighted by Crippen LogP contribution is 2.22. The lowest BCUT2D eigenvalue weighted by atomic mass is 10.2. The molecule has 0 aliphatic carbocycles. The molecule has 21 heavy (non-hydrogen) atoms. The zero-order valence-corrected chi connectivity index (χ0v) is 13.1. The Morgan fingerprint density at radius 2 is 2.10 bits per heavy atom. The average molecular weight is 291 g/mol. The molecule has 1 amide bonds. The van der Waals surface area contributed by atoms with E-state index in [0.717, 1.165) is 43.2 Å². The summed E-state index contributed by atoms with van der Waals surface area (Å²) in [5, 5.41) is 6.26. The van der Waals surface area contributed by atoms with Gasteiger partial charge in [-0.1, -0.05) is 0 Å². The van der Waals surface area contributed by atoms with Gasteiger partial charge in [0, 0.05) is 31.9 Å². The molecule has 0 atom stereocenters. The number of piperazine rings is 1. The van der Waals surface area contributed by atoms with Crippen molar-refractivity contribution in [3.05, 3.63) is 23.8 Å². The molecule has 1 aliphatic heterocycles. The van der Waals surface area contributed by atoms with Gasteiger partial charge in [0.05, 0.1) is 12.6 Å². The summed E-state index contributed by atoms with van der Waals surface area (Å²) in [6, 6.07) is 5.76. The van der Waals surface area contributed by atoms with Crippen molar-refractivity contribution in [2.45, 2.75) is 26.9 Å². The third kappa shape index (κ3) is 5.02. The molecule has 2 N–H and O–H groups in total. The Kier molecular flexibility index (Phi) is 5.59. The van der Waals surface area contributed by atoms with E-state index < -0.39 is 0 Å². The molecule has 0 aromatic heterocycles. The van der Waals surface area contributed by atoms with Gasteiger partial charge in [0.1, 0.15) is 5.75 Å². The minimum Gasteiger partial charge on any atom is -0.491 e. The number of nitrogens with zero attached hydrogens (tertiary/aromatic N) is 1. The van der Waals surface area contributed by atoms with E-state index in [4.69, 9.17) is 4.74 Å². The van der Waals surface area contributed by atoms with Crippen molar-refractivity contribution in [3.63, 3.8) is 0 Å². The molecule has 2 rings (SSSR count). The normalized spacial score (nSPS) is 16.0. The molecular formula is C16H25N3O2. The molecule has 1 fully saturated rings. The van der Waals surface area contributed by atoms with Crippen LogP contribution in [0.15, 0.2) is 18.2 Å². The molecule has 1 aromatic rings. The Bertz CT molecular complexity index is 482. The summed E-state index contributed by atoms with van der Waals surface area (Å²) in [5.41, 5.74) is 1.87. The molecule has 0 radical (unpaired) electrons. The fraction of sp³-hybridized carbons (Fsp3) is 0.562. The van der Waals surface area contributed by atoms with Crippen molar-refractivity contribution in [3.8, 4) is 5.75 Å². The van der Waals surface area contributed by atoms with E-state index in [0.29, 0.717) is 6.54 Å². The molecule has 0 unspecified atom stereocenters. The maximum Gasteiger partial charge on any atom is 0.238 e. The highest BCUT2D eigenvalue weighted by Gasteiger charge is 2.14. The van der Waals surface area contributed by atoms with Crippen LogP contribution in [-0.2, 0) is 4.79 Å². The summed E-state index contributed by atoms with van der Waals surface area (Å²) in [7, 11) is 0. The summed E-state index contributed by atoms with van der Waals surface area (Å²) in [6.07, 6.45) is 0.151. The average Bonchev–Trinajstić information content (AvgIpc) is 2.42. The highest BCUT2D eigenvalue weighted by molar-refractivity contribution is 5.93. The molecule has 1 aromatic carbocycles. The number of amides is 1. The maximum atomic E-state index is 12.1. The van der Waals surface area contributed by atoms with Gasteiger partial charge in [-0.2, -0.15) is 0 Å². The van der Waals surface area contributed by atoms with Crippen LogP contribution in [0.4, 0.5) is 5.69 Å². The number of rotatable bonds is 5. The summed E-state index contributed by atoms with van der Waals surface area (Å²) in [6.45, 7) is 10.2. The third-order valence-electron chi connectivity index (χ3n) is 3.42. The van der Waals surface area contributed by atoms with Crippen LogP contribution in [0, 0.1) is 6.92 Å². The van der Waals surface area contributed by atoms with Crippen molar-refractivity contribution in [2.24, 2.45) is 0 Å². The Labute approximate surface area is 126 Å². The second-order valence-electron chi connectivity index (χ2n) is 5.72. The molecule has 0 saturated carbocycles. The topological polar surface area (TPSA) is 53.6 Å². The van der Waals surface area contributed by atoms with E-state index in [1.165, 1.54) is 0 Å². The SMILES string of the molecule is Cc1cc(OC(C)C)ccc1NC(=O)CN1CCNCC1. The van der Waals surface area contributed by atoms with Crippen LogP contribution in [0.25, 0.3) is 0 Å². The Morgan fingerprint density at radius 3 is 2.71 bits per heavy atom. The van der Waals surface area contributed by atoms with Crippen molar-refractivity contribution in [2.75, 3.05) is 38.0 Å². The lowest BCUT2D eigenvalue weighted by Crippen LogP contribution is -2.46. The van der Waals surface area contributed by atoms with Gasteiger partial charge < -0.3 is 15.4 Å². The maximum absolute atomic E-state index is 12.1. The number of nitrogens with one attached hydrogen (secondary N) is 2. The monoisotopic (exact) mass is 291 g/mol. The van der Waals surface area contributed by atoms with Crippen LogP contribution in [0.2, 0.25) is 0 Å². The van der Waals surface area contributed by atoms with Crippen molar-refractivity contribution >= 4 is 11.6 Å². The standard InChI is InChI=1S/C16H25N3O2/c1-12(2)21-14-4-5-15(13(3)10-14)18-16(20)11-19-8-6-17-7-9-19/h4-5,10,12,17H,6-9,11H2,1-3H3,(H,18,20). The second kappa shape index (κ2) is 7.43. The van der Waals surface area contributed by atoms with Crippen LogP contribution in [-0.4, -0.2) is 49.6 Å². The van der Waals surface area contributed by atoms with Gasteiger partial charge >= 0.3 is 0 Å². The first-order chi connectivity index (χ1) is 10.0. The minimum atomic E-state index is 0.0394. The van der Waals surface area contributed by atoms with Crippen LogP contribution >= 0.6 is 0 Å². The fourth-order valence-electron chi connectivity index (χ4n) is 2.38. The predicted octanol–water partition coefficient (Wildman–Crippen LogP) is 1.63. The van der Waals surface area contributed by atoms with Gasteiger partial charge in [-0.3, -0.25) is 9.69 Å². The number of carbonyl (C=O) groups is 1. The van der Waals surface area contributed by atoms with Crippen LogP contribution in [0.3, 0.4) is 0 Å². The van der Waals surface area contributed by atoms with Crippen molar-refractivity contribution in [1.29, 1.82) is 0 Å². The largest absolute Gasteiger partial charge is 0.491 e. The van der Waals surface area contributed by atoms with Crippen molar-refractivity contribution in [1.82, 2.24) is 10.2 Å². The number of ether oxygens (including phenoxy) is 1. The zero-order chi connectivity index (χ0) is 15.2. The molecule has 5 nitrogen and oxygen atoms in total. The molecule has 116 valence electrons. The molecule has 5 heteroatoms. The Balaban J connectivity index is 1.90. The summed E-state index contributed by atoms with van der Waals surface area (Å²) in [5.74, 6) is 0.875. The molecule has 0 spiro atoms. The van der Waals surface area contributed by atoms with Crippen LogP contribution in [0.1, 0.15) is 19.4 Å². The number of hydrogen-bond acceptors (Lipinski definition) is 4. The summed E-state index contributed by atoms with van der Waals surface area (Å²) < 4.78 is 5.65. The summed E-state index contributed by atoms with van der Waals surface area (Å²) >= 11 is 0. The lowest BCUT2D eigenvalue weighted by Gasteiger charge is -2.26. The van der Waals surface area contributed by atoms with Gasteiger partial charge in [-0.25, -0.2) is 0 Å². The van der Waals surface area contributed by atoms with Crippen LogP contribution < -0.4 is 15.4 Å². The molecular weight excluding hydrogens is 266 g/mol. The minimum absolute atomic E-state index is 0.0394. The fourth-order valence-corrected chi connectivity index (χ4v) is 2.38.